The smallest absolute Gasteiger partial charge is 0.275 e. The molecule has 1 amide bonds. The van der Waals surface area contributed by atoms with E-state index in [1.54, 1.807) is 18.3 Å². The van der Waals surface area contributed by atoms with Gasteiger partial charge in [0.2, 0.25) is 0 Å². The lowest BCUT2D eigenvalue weighted by molar-refractivity contribution is 0.0952. The maximum Gasteiger partial charge on any atom is 0.275 e. The van der Waals surface area contributed by atoms with E-state index in [4.69, 9.17) is 16.3 Å². The van der Waals surface area contributed by atoms with Crippen molar-refractivity contribution in [3.8, 4) is 11.5 Å². The number of benzene rings is 5. The molecule has 0 saturated carbocycles. The number of hydrogen-bond donors (Lipinski definition) is 2. The van der Waals surface area contributed by atoms with Crippen molar-refractivity contribution >= 4 is 45.3 Å². The van der Waals surface area contributed by atoms with Gasteiger partial charge in [-0.25, -0.2) is 5.43 Å². The maximum atomic E-state index is 12.8. The molecule has 0 atom stereocenters. The number of fused-ring (bicyclic) bond motifs is 2. The van der Waals surface area contributed by atoms with Crippen LogP contribution < -0.4 is 10.2 Å². The third kappa shape index (κ3) is 4.95. The number of aromatic hydroxyl groups is 1. The minimum absolute atomic E-state index is 0.103. The SMILES string of the molecule is O=C(NN=Cc1c(OCc2ccc(Cl)cc2)ccc2ccccc12)c1cc2ccccc2cc1O. The highest BCUT2D eigenvalue weighted by atomic mass is 35.5. The van der Waals surface area contributed by atoms with Gasteiger partial charge in [0.15, 0.2) is 0 Å². The molecule has 0 aliphatic carbocycles. The van der Waals surface area contributed by atoms with Crippen LogP contribution in [0.25, 0.3) is 21.5 Å². The highest BCUT2D eigenvalue weighted by Crippen LogP contribution is 2.28. The molecule has 5 aromatic carbocycles. The molecule has 0 fully saturated rings. The fraction of sp³-hybridized carbons (Fsp3) is 0.0345. The van der Waals surface area contributed by atoms with Crippen LogP contribution in [0.5, 0.6) is 11.5 Å². The minimum atomic E-state index is -0.506. The minimum Gasteiger partial charge on any atom is -0.507 e. The van der Waals surface area contributed by atoms with E-state index in [1.165, 1.54) is 0 Å². The Morgan fingerprint density at radius 3 is 2.34 bits per heavy atom. The maximum absolute atomic E-state index is 12.8. The lowest BCUT2D eigenvalue weighted by Gasteiger charge is -2.12. The quantitative estimate of drug-likeness (QED) is 0.210. The largest absolute Gasteiger partial charge is 0.507 e. The molecule has 0 bridgehead atoms. The molecule has 0 aliphatic heterocycles. The number of rotatable bonds is 6. The predicted molar refractivity (Wildman–Crippen MR) is 140 cm³/mol. The molecule has 0 spiro atoms. The first kappa shape index (κ1) is 22.4. The Labute approximate surface area is 207 Å². The summed E-state index contributed by atoms with van der Waals surface area (Å²) in [6.45, 7) is 0.355. The number of phenols is 1. The van der Waals surface area contributed by atoms with Crippen molar-refractivity contribution in [1.29, 1.82) is 0 Å². The highest BCUT2D eigenvalue weighted by molar-refractivity contribution is 6.30. The Bertz CT molecular complexity index is 1560. The fourth-order valence-corrected chi connectivity index (χ4v) is 4.03. The number of carbonyl (C=O) groups is 1. The van der Waals surface area contributed by atoms with Gasteiger partial charge in [-0.05, 0) is 57.4 Å². The van der Waals surface area contributed by atoms with E-state index in [-0.39, 0.29) is 11.3 Å². The summed E-state index contributed by atoms with van der Waals surface area (Å²) in [6, 6.07) is 29.9. The van der Waals surface area contributed by atoms with Crippen LogP contribution in [-0.2, 0) is 6.61 Å². The summed E-state index contributed by atoms with van der Waals surface area (Å²) in [4.78, 5) is 12.8. The zero-order valence-electron chi connectivity index (χ0n) is 18.6. The summed E-state index contributed by atoms with van der Waals surface area (Å²) in [5, 5.41) is 18.8. The monoisotopic (exact) mass is 480 g/mol. The van der Waals surface area contributed by atoms with E-state index in [0.717, 1.165) is 32.7 Å². The molecule has 35 heavy (non-hydrogen) atoms. The van der Waals surface area contributed by atoms with Crippen LogP contribution in [0.2, 0.25) is 5.02 Å². The highest BCUT2D eigenvalue weighted by Gasteiger charge is 2.13. The number of hydrazone groups is 1. The van der Waals surface area contributed by atoms with Gasteiger partial charge in [0.25, 0.3) is 5.91 Å². The molecule has 5 aromatic rings. The molecular weight excluding hydrogens is 460 g/mol. The van der Waals surface area contributed by atoms with Crippen LogP contribution in [0.15, 0.2) is 102 Å². The number of nitrogens with zero attached hydrogens (tertiary/aromatic N) is 1. The van der Waals surface area contributed by atoms with E-state index < -0.39 is 5.91 Å². The molecule has 0 radical (unpaired) electrons. The van der Waals surface area contributed by atoms with Crippen molar-refractivity contribution in [2.45, 2.75) is 6.61 Å². The second-order valence-electron chi connectivity index (χ2n) is 8.03. The number of hydrogen-bond acceptors (Lipinski definition) is 4. The van der Waals surface area contributed by atoms with Gasteiger partial charge in [0.1, 0.15) is 18.1 Å². The number of phenolic OH excluding ortho intramolecular Hbond substituents is 1. The van der Waals surface area contributed by atoms with Crippen LogP contribution in [-0.4, -0.2) is 17.2 Å². The molecule has 5 rings (SSSR count). The van der Waals surface area contributed by atoms with Crippen molar-refractivity contribution in [3.63, 3.8) is 0 Å². The van der Waals surface area contributed by atoms with Crippen molar-refractivity contribution < 1.29 is 14.6 Å². The Morgan fingerprint density at radius 1 is 0.886 bits per heavy atom. The zero-order chi connectivity index (χ0) is 24.2. The van der Waals surface area contributed by atoms with Gasteiger partial charge < -0.3 is 9.84 Å². The molecule has 0 saturated heterocycles. The van der Waals surface area contributed by atoms with Gasteiger partial charge in [-0.1, -0.05) is 78.3 Å². The molecule has 2 N–H and O–H groups in total. The zero-order valence-corrected chi connectivity index (χ0v) is 19.4. The molecule has 0 heterocycles. The molecule has 5 nitrogen and oxygen atoms in total. The van der Waals surface area contributed by atoms with Crippen LogP contribution >= 0.6 is 11.6 Å². The van der Waals surface area contributed by atoms with Crippen molar-refractivity contribution in [2.24, 2.45) is 5.10 Å². The van der Waals surface area contributed by atoms with E-state index in [9.17, 15) is 9.90 Å². The average molecular weight is 481 g/mol. The Hall–Kier alpha value is -4.35. The summed E-state index contributed by atoms with van der Waals surface area (Å²) >= 11 is 5.98. The molecular formula is C29H21ClN2O3. The Balaban J connectivity index is 1.40. The number of amides is 1. The average Bonchev–Trinajstić information content (AvgIpc) is 2.88. The summed E-state index contributed by atoms with van der Waals surface area (Å²) in [6.07, 6.45) is 1.57. The van der Waals surface area contributed by atoms with E-state index in [0.29, 0.717) is 17.4 Å². The molecule has 0 unspecified atom stereocenters. The van der Waals surface area contributed by atoms with Crippen LogP contribution in [0.3, 0.4) is 0 Å². The third-order valence-electron chi connectivity index (χ3n) is 5.71. The van der Waals surface area contributed by atoms with E-state index >= 15 is 0 Å². The number of nitrogens with one attached hydrogen (secondary N) is 1. The van der Waals surface area contributed by atoms with Crippen molar-refractivity contribution in [1.82, 2.24) is 5.43 Å². The van der Waals surface area contributed by atoms with Crippen LogP contribution in [0.1, 0.15) is 21.5 Å². The second kappa shape index (κ2) is 9.87. The van der Waals surface area contributed by atoms with Gasteiger partial charge in [-0.2, -0.15) is 5.10 Å². The first-order valence-corrected chi connectivity index (χ1v) is 11.4. The standard InChI is InChI=1S/C29H21ClN2O3/c30-23-12-9-19(10-13-23)18-35-28-14-11-20-5-3-4-8-24(20)26(28)17-31-32-29(34)25-15-21-6-1-2-7-22(21)16-27(25)33/h1-17,33H,18H2,(H,32,34). The Morgan fingerprint density at radius 2 is 1.57 bits per heavy atom. The fourth-order valence-electron chi connectivity index (χ4n) is 3.90. The number of halogens is 1. The lowest BCUT2D eigenvalue weighted by Crippen LogP contribution is -2.17. The van der Waals surface area contributed by atoms with E-state index in [1.807, 2.05) is 84.9 Å². The first-order chi connectivity index (χ1) is 17.1. The van der Waals surface area contributed by atoms with Gasteiger partial charge in [-0.15, -0.1) is 0 Å². The number of ether oxygens (including phenoxy) is 1. The van der Waals surface area contributed by atoms with Gasteiger partial charge >= 0.3 is 0 Å². The molecule has 0 aromatic heterocycles. The first-order valence-electron chi connectivity index (χ1n) is 11.0. The van der Waals surface area contributed by atoms with E-state index in [2.05, 4.69) is 10.5 Å². The van der Waals surface area contributed by atoms with Gasteiger partial charge in [0.05, 0.1) is 11.8 Å². The Kier molecular flexibility index (Phi) is 6.33. The summed E-state index contributed by atoms with van der Waals surface area (Å²) in [5.74, 6) is 0.0205. The number of carbonyl (C=O) groups excluding carboxylic acids is 1. The second-order valence-corrected chi connectivity index (χ2v) is 8.47. The van der Waals surface area contributed by atoms with Gasteiger partial charge in [0, 0.05) is 10.6 Å². The molecule has 0 aliphatic rings. The summed E-state index contributed by atoms with van der Waals surface area (Å²) < 4.78 is 6.09. The van der Waals surface area contributed by atoms with Gasteiger partial charge in [-0.3, -0.25) is 4.79 Å². The topological polar surface area (TPSA) is 70.9 Å². The van der Waals surface area contributed by atoms with Crippen LogP contribution in [0, 0.1) is 0 Å². The predicted octanol–water partition coefficient (Wildman–Crippen LogP) is 6.69. The van der Waals surface area contributed by atoms with Crippen molar-refractivity contribution in [3.05, 3.63) is 119 Å². The van der Waals surface area contributed by atoms with Crippen molar-refractivity contribution in [2.75, 3.05) is 0 Å². The normalized spacial score (nSPS) is 11.2. The summed E-state index contributed by atoms with van der Waals surface area (Å²) in [5.41, 5.74) is 4.39. The lowest BCUT2D eigenvalue weighted by atomic mass is 10.0. The molecule has 172 valence electrons. The third-order valence-corrected chi connectivity index (χ3v) is 5.96. The summed E-state index contributed by atoms with van der Waals surface area (Å²) in [7, 11) is 0. The molecule has 6 heteroatoms. The van der Waals surface area contributed by atoms with Crippen LogP contribution in [0.4, 0.5) is 0 Å².